The number of hydrogen-bond donors (Lipinski definition) is 3. The van der Waals surface area contributed by atoms with E-state index in [4.69, 9.17) is 5.11 Å². The topological polar surface area (TPSA) is 60.7 Å². The van der Waals surface area contributed by atoms with E-state index in [-0.39, 0.29) is 18.1 Å². The van der Waals surface area contributed by atoms with Gasteiger partial charge in [-0.15, -0.1) is 0 Å². The summed E-state index contributed by atoms with van der Waals surface area (Å²) >= 11 is 0. The molecule has 0 aliphatic carbocycles. The maximum absolute atomic E-state index is 9.41. The van der Waals surface area contributed by atoms with Crippen LogP contribution in [0.4, 0.5) is 0 Å². The molecule has 0 heterocycles. The molecule has 0 atom stereocenters. The molecule has 0 bridgehead atoms. The molecule has 4 aromatic rings. The first-order valence-electron chi connectivity index (χ1n) is 12.8. The van der Waals surface area contributed by atoms with Gasteiger partial charge in [0.1, 0.15) is 18.0 Å². The fourth-order valence-corrected chi connectivity index (χ4v) is 3.94. The Hall–Kier alpha value is -3.60. The summed E-state index contributed by atoms with van der Waals surface area (Å²) in [6.45, 7) is 5.39. The third-order valence-electron chi connectivity index (χ3n) is 5.93. The Labute approximate surface area is 222 Å². The molecule has 0 aliphatic heterocycles. The Kier molecular flexibility index (Phi) is 11.9. The van der Waals surface area contributed by atoms with Crippen molar-refractivity contribution < 1.29 is 19.8 Å². The second kappa shape index (κ2) is 14.8. The Balaban J connectivity index is 0.000000233. The van der Waals surface area contributed by atoms with Gasteiger partial charge in [-0.05, 0) is 70.2 Å². The van der Waals surface area contributed by atoms with Crippen LogP contribution in [-0.4, -0.2) is 54.1 Å². The van der Waals surface area contributed by atoms with Crippen LogP contribution in [0.5, 0.6) is 11.5 Å². The first kappa shape index (κ1) is 29.6. The maximum Gasteiger partial charge on any atom is 0.115 e. The van der Waals surface area contributed by atoms with Crippen molar-refractivity contribution in [3.05, 3.63) is 108 Å². The van der Waals surface area contributed by atoms with E-state index in [0.717, 1.165) is 35.0 Å². The molecule has 0 aromatic heterocycles. The van der Waals surface area contributed by atoms with Crippen molar-refractivity contribution in [2.75, 3.05) is 34.3 Å². The Bertz CT molecular complexity index is 1120. The van der Waals surface area contributed by atoms with Gasteiger partial charge in [-0.25, -0.2) is 0 Å². The lowest BCUT2D eigenvalue weighted by Gasteiger charge is -2.21. The van der Waals surface area contributed by atoms with Crippen LogP contribution in [0.2, 0.25) is 0 Å². The zero-order valence-corrected chi connectivity index (χ0v) is 22.9. The smallest absolute Gasteiger partial charge is 0.115 e. The lowest BCUT2D eigenvalue weighted by Crippen LogP contribution is -2.36. The zero-order valence-electron chi connectivity index (χ0n) is 22.9. The third-order valence-corrected chi connectivity index (χ3v) is 5.93. The number of hydrogen-bond acceptors (Lipinski definition) is 3. The zero-order chi connectivity index (χ0) is 27.3. The molecule has 0 fully saturated rings. The van der Waals surface area contributed by atoms with Crippen LogP contribution in [0.1, 0.15) is 37.8 Å². The van der Waals surface area contributed by atoms with Gasteiger partial charge in [-0.3, -0.25) is 0 Å². The summed E-state index contributed by atoms with van der Waals surface area (Å²) in [5, 5.41) is 29.8. The van der Waals surface area contributed by atoms with Crippen molar-refractivity contribution >= 4 is 21.9 Å². The van der Waals surface area contributed by atoms with E-state index in [1.165, 1.54) is 21.9 Å². The molecule has 0 radical (unpaired) electrons. The van der Waals surface area contributed by atoms with Crippen molar-refractivity contribution in [1.82, 2.24) is 0 Å². The molecule has 3 N–H and O–H groups in total. The fourth-order valence-electron chi connectivity index (χ4n) is 3.94. The van der Waals surface area contributed by atoms with Crippen LogP contribution in [0.25, 0.3) is 21.9 Å². The van der Waals surface area contributed by atoms with E-state index in [1.807, 2.05) is 24.3 Å². The van der Waals surface area contributed by atoms with Gasteiger partial charge in [-0.1, -0.05) is 86.6 Å². The minimum Gasteiger partial charge on any atom is -0.508 e. The number of fused-ring (bicyclic) bond motifs is 1. The second-order valence-corrected chi connectivity index (χ2v) is 9.84. The van der Waals surface area contributed by atoms with Gasteiger partial charge in [0.05, 0.1) is 27.7 Å². The molecule has 0 aliphatic rings. The molecule has 0 spiro atoms. The van der Waals surface area contributed by atoms with Crippen molar-refractivity contribution in [2.45, 2.75) is 26.7 Å². The quantitative estimate of drug-likeness (QED) is 0.192. The van der Waals surface area contributed by atoms with E-state index in [1.54, 1.807) is 24.3 Å². The molecule has 0 unspecified atom stereocenters. The van der Waals surface area contributed by atoms with E-state index < -0.39 is 0 Å². The average Bonchev–Trinajstić information content (AvgIpc) is 2.89. The first-order valence-corrected chi connectivity index (χ1v) is 12.8. The number of allylic oxidation sites excluding steroid dienone is 2. The number of phenolic OH excluding ortho intramolecular Hbond substituents is 2. The predicted molar refractivity (Wildman–Crippen MR) is 158 cm³/mol. The summed E-state index contributed by atoms with van der Waals surface area (Å²) < 4.78 is 0.844. The highest BCUT2D eigenvalue weighted by Crippen LogP contribution is 2.32. The van der Waals surface area contributed by atoms with Crippen LogP contribution in [0.15, 0.2) is 97.1 Å². The molecule has 0 amide bonds. The number of rotatable bonds is 6. The van der Waals surface area contributed by atoms with Gasteiger partial charge in [0.25, 0.3) is 0 Å². The van der Waals surface area contributed by atoms with E-state index in [2.05, 4.69) is 83.5 Å². The van der Waals surface area contributed by atoms with Crippen LogP contribution in [-0.2, 0) is 0 Å². The van der Waals surface area contributed by atoms with Crippen molar-refractivity contribution in [3.8, 4) is 11.5 Å². The predicted octanol–water partition coefficient (Wildman–Crippen LogP) is 7.35. The first-order chi connectivity index (χ1) is 17.7. The highest BCUT2D eigenvalue weighted by molar-refractivity contribution is 5.90. The van der Waals surface area contributed by atoms with Gasteiger partial charge in [0.15, 0.2) is 0 Å². The number of aliphatic hydroxyl groups is 1. The van der Waals surface area contributed by atoms with E-state index in [9.17, 15) is 10.2 Å². The van der Waals surface area contributed by atoms with E-state index >= 15 is 0 Å². The number of nitrogens with zero attached hydrogens (tertiary/aromatic N) is 1. The lowest BCUT2D eigenvalue weighted by atomic mass is 9.91. The van der Waals surface area contributed by atoms with Gasteiger partial charge >= 0.3 is 0 Å². The summed E-state index contributed by atoms with van der Waals surface area (Å²) in [6.07, 6.45) is 1.85. The minimum absolute atomic E-state index is 0.281. The maximum atomic E-state index is 9.41. The number of aliphatic hydroxyl groups excluding tert-OH is 1. The number of benzene rings is 4. The molecule has 0 saturated carbocycles. The van der Waals surface area contributed by atoms with Gasteiger partial charge in [-0.2, -0.15) is 0 Å². The normalized spacial score (nSPS) is 11.5. The molecule has 4 nitrogen and oxygen atoms in total. The molecular weight excluding hydrogens is 458 g/mol. The van der Waals surface area contributed by atoms with Crippen LogP contribution < -0.4 is 0 Å². The van der Waals surface area contributed by atoms with Gasteiger partial charge < -0.3 is 19.8 Å². The minimum atomic E-state index is 0.281. The van der Waals surface area contributed by atoms with Crippen molar-refractivity contribution in [1.29, 1.82) is 0 Å². The molecule has 4 aromatic carbocycles. The molecule has 0 saturated heterocycles. The van der Waals surface area contributed by atoms with Crippen molar-refractivity contribution in [3.63, 3.8) is 0 Å². The Morgan fingerprint density at radius 1 is 0.568 bits per heavy atom. The Morgan fingerprint density at radius 2 is 0.892 bits per heavy atom. The summed E-state index contributed by atoms with van der Waals surface area (Å²) in [7, 11) is 6.16. The summed E-state index contributed by atoms with van der Waals surface area (Å²) in [5.41, 5.74) is 4.82. The highest BCUT2D eigenvalue weighted by Gasteiger charge is 2.09. The standard InChI is InChI=1S/C18H20O2.C10H8.C5H14NO/c1-3-17(13-5-9-15(19)10-6-13)18(4-2)14-7-11-16(20)12-8-14;1-2-6-10-8-4-3-7-9(10)5-1;1-6(2,3)4-5-7/h5-12,19-20H,3-4H2,1-2H3;1-8H;7H,4-5H2,1-3H3/q;;+1/b18-17+;;. The fraction of sp³-hybridized carbons (Fsp3) is 0.273. The molecule has 37 heavy (non-hydrogen) atoms. The molecular formula is C33H42NO3+. The average molecular weight is 501 g/mol. The van der Waals surface area contributed by atoms with Crippen LogP contribution >= 0.6 is 0 Å². The Morgan fingerprint density at radius 3 is 1.11 bits per heavy atom. The van der Waals surface area contributed by atoms with Crippen LogP contribution in [0.3, 0.4) is 0 Å². The van der Waals surface area contributed by atoms with Gasteiger partial charge in [0, 0.05) is 0 Å². The SMILES string of the molecule is CC/C(=C(/CC)c1ccc(O)cc1)c1ccc(O)cc1.C[N+](C)(C)CCO.c1ccc2ccccc2c1. The number of aromatic hydroxyl groups is 2. The largest absolute Gasteiger partial charge is 0.508 e. The summed E-state index contributed by atoms with van der Waals surface area (Å²) in [6, 6.07) is 31.4. The van der Waals surface area contributed by atoms with Crippen LogP contribution in [0, 0.1) is 0 Å². The lowest BCUT2D eigenvalue weighted by molar-refractivity contribution is -0.870. The summed E-state index contributed by atoms with van der Waals surface area (Å²) in [4.78, 5) is 0. The van der Waals surface area contributed by atoms with Crippen molar-refractivity contribution in [2.24, 2.45) is 0 Å². The number of likely N-dealkylation sites (N-methyl/N-ethyl adjacent to an activating group) is 1. The summed E-state index contributed by atoms with van der Waals surface area (Å²) in [5.74, 6) is 0.568. The second-order valence-electron chi connectivity index (χ2n) is 9.84. The van der Waals surface area contributed by atoms with E-state index in [0.29, 0.717) is 0 Å². The number of quaternary nitrogens is 1. The third kappa shape index (κ3) is 10.1. The molecule has 4 heteroatoms. The molecule has 196 valence electrons. The highest BCUT2D eigenvalue weighted by atomic mass is 16.3. The van der Waals surface area contributed by atoms with Gasteiger partial charge in [0.2, 0.25) is 0 Å². The monoisotopic (exact) mass is 500 g/mol. The number of phenols is 2. The molecule has 4 rings (SSSR count).